The quantitative estimate of drug-likeness (QED) is 0.261. The molecule has 0 N–H and O–H groups in total. The van der Waals surface area contributed by atoms with Gasteiger partial charge in [-0.3, -0.25) is 4.57 Å². The molecule has 0 atom stereocenters. The predicted octanol–water partition coefficient (Wildman–Crippen LogP) is 7.70. The Bertz CT molecular complexity index is 1660. The first-order chi connectivity index (χ1) is 18.3. The first kappa shape index (κ1) is 21.7. The van der Waals surface area contributed by atoms with Crippen molar-refractivity contribution in [3.8, 4) is 39.9 Å². The van der Waals surface area contributed by atoms with Crippen molar-refractivity contribution in [1.29, 1.82) is 0 Å². The number of benzene rings is 3. The van der Waals surface area contributed by atoms with E-state index in [-0.39, 0.29) is 0 Å². The number of hydrogen-bond donors (Lipinski definition) is 0. The highest BCUT2D eigenvalue weighted by Gasteiger charge is 2.21. The summed E-state index contributed by atoms with van der Waals surface area (Å²) in [6.45, 7) is 0. The van der Waals surface area contributed by atoms with Gasteiger partial charge in [-0.25, -0.2) is 15.0 Å². The highest BCUT2D eigenvalue weighted by Crippen LogP contribution is 2.35. The molecule has 4 heteroatoms. The molecule has 0 aliphatic heterocycles. The molecule has 0 spiro atoms. The molecule has 3 aromatic heterocycles. The number of aryl methyl sites for hydroxylation is 1. The van der Waals surface area contributed by atoms with Crippen LogP contribution >= 0.6 is 0 Å². The normalized spacial score (nSPS) is 13.0. The zero-order valence-electron chi connectivity index (χ0n) is 20.5. The van der Waals surface area contributed by atoms with Crippen LogP contribution < -0.4 is 0 Å². The van der Waals surface area contributed by atoms with Crippen LogP contribution in [0.4, 0.5) is 0 Å². The summed E-state index contributed by atoms with van der Waals surface area (Å²) >= 11 is 0. The van der Waals surface area contributed by atoms with Gasteiger partial charge in [-0.15, -0.1) is 0 Å². The maximum atomic E-state index is 5.19. The number of hydrogen-bond acceptors (Lipinski definition) is 3. The molecule has 6 aromatic rings. The van der Waals surface area contributed by atoms with Crippen LogP contribution in [0, 0.1) is 0 Å². The average Bonchev–Trinajstić information content (AvgIpc) is 3.32. The lowest BCUT2D eigenvalue weighted by Crippen LogP contribution is -2.08. The Kier molecular flexibility index (Phi) is 5.36. The lowest BCUT2D eigenvalue weighted by Gasteiger charge is -2.16. The van der Waals surface area contributed by atoms with Gasteiger partial charge in [-0.1, -0.05) is 84.9 Å². The van der Waals surface area contributed by atoms with E-state index < -0.39 is 0 Å². The van der Waals surface area contributed by atoms with Crippen molar-refractivity contribution < 1.29 is 0 Å². The van der Waals surface area contributed by atoms with Crippen LogP contribution in [0.5, 0.6) is 0 Å². The number of fused-ring (bicyclic) bond motifs is 3. The molecule has 0 saturated carbocycles. The van der Waals surface area contributed by atoms with Gasteiger partial charge in [0.1, 0.15) is 5.82 Å². The molecule has 7 rings (SSSR count). The zero-order chi connectivity index (χ0) is 24.6. The van der Waals surface area contributed by atoms with Crippen LogP contribution in [0.1, 0.15) is 24.1 Å². The minimum atomic E-state index is 0.702. The molecule has 0 fully saturated rings. The van der Waals surface area contributed by atoms with Crippen LogP contribution in [-0.2, 0) is 12.8 Å². The maximum Gasteiger partial charge on any atom is 0.160 e. The summed E-state index contributed by atoms with van der Waals surface area (Å²) < 4.78 is 2.37. The molecule has 37 heavy (non-hydrogen) atoms. The van der Waals surface area contributed by atoms with Crippen LogP contribution in [0.25, 0.3) is 50.8 Å². The Morgan fingerprint density at radius 1 is 0.541 bits per heavy atom. The Balaban J connectivity index is 1.41. The van der Waals surface area contributed by atoms with Gasteiger partial charge in [0.25, 0.3) is 0 Å². The van der Waals surface area contributed by atoms with E-state index in [1.807, 2.05) is 42.5 Å². The van der Waals surface area contributed by atoms with Crippen molar-refractivity contribution in [3.05, 3.63) is 120 Å². The molecule has 3 heterocycles. The van der Waals surface area contributed by atoms with E-state index in [1.165, 1.54) is 35.0 Å². The molecule has 1 aliphatic carbocycles. The lowest BCUT2D eigenvalue weighted by atomic mass is 9.95. The molecular weight excluding hydrogens is 452 g/mol. The van der Waals surface area contributed by atoms with Gasteiger partial charge in [0.2, 0.25) is 0 Å². The van der Waals surface area contributed by atoms with Gasteiger partial charge in [0, 0.05) is 22.2 Å². The summed E-state index contributed by atoms with van der Waals surface area (Å²) in [6, 6.07) is 37.5. The molecular formula is C33H26N4. The summed E-state index contributed by atoms with van der Waals surface area (Å²) in [6.07, 6.45) is 4.69. The van der Waals surface area contributed by atoms with E-state index in [0.29, 0.717) is 5.82 Å². The second-order valence-electron chi connectivity index (χ2n) is 9.56. The van der Waals surface area contributed by atoms with Crippen LogP contribution in [0.2, 0.25) is 0 Å². The second-order valence-corrected chi connectivity index (χ2v) is 9.56. The number of para-hydroxylation sites is 1. The topological polar surface area (TPSA) is 43.6 Å². The minimum absolute atomic E-state index is 0.702. The van der Waals surface area contributed by atoms with Gasteiger partial charge >= 0.3 is 0 Å². The molecule has 0 saturated heterocycles. The minimum Gasteiger partial charge on any atom is -0.298 e. The Morgan fingerprint density at radius 3 is 2.08 bits per heavy atom. The van der Waals surface area contributed by atoms with Gasteiger partial charge < -0.3 is 0 Å². The summed E-state index contributed by atoms with van der Waals surface area (Å²) in [7, 11) is 0. The smallest absolute Gasteiger partial charge is 0.160 e. The van der Waals surface area contributed by atoms with Crippen molar-refractivity contribution in [3.63, 3.8) is 0 Å². The first-order valence-corrected chi connectivity index (χ1v) is 12.9. The second kappa shape index (κ2) is 9.14. The maximum absolute atomic E-state index is 5.19. The molecule has 0 unspecified atom stereocenters. The number of pyridine rings is 1. The number of nitrogens with zero attached hydrogens (tertiary/aromatic N) is 4. The number of rotatable bonds is 4. The van der Waals surface area contributed by atoms with Gasteiger partial charge in [-0.05, 0) is 55.5 Å². The standard InChI is InChI=1S/C33H26N4/c1-3-12-23(13-4-1)28-22-29(36-33(35-28)24-14-5-2-6-15-24)27-18-11-21-32(34-27)37-30-19-9-7-16-25(30)26-17-8-10-20-31(26)37/h1-7,9,11-16,18-19,21-22H,8,10,17,20H2. The zero-order valence-corrected chi connectivity index (χ0v) is 20.5. The molecule has 4 nitrogen and oxygen atoms in total. The summed E-state index contributed by atoms with van der Waals surface area (Å²) in [4.78, 5) is 15.1. The number of aromatic nitrogens is 4. The van der Waals surface area contributed by atoms with Crippen molar-refractivity contribution in [2.24, 2.45) is 0 Å². The Morgan fingerprint density at radius 2 is 1.24 bits per heavy atom. The fraction of sp³-hybridized carbons (Fsp3) is 0.121. The van der Waals surface area contributed by atoms with Crippen LogP contribution in [-0.4, -0.2) is 19.5 Å². The Labute approximate surface area is 216 Å². The fourth-order valence-corrected chi connectivity index (χ4v) is 5.50. The third kappa shape index (κ3) is 3.91. The van der Waals surface area contributed by atoms with E-state index >= 15 is 0 Å². The van der Waals surface area contributed by atoms with Crippen molar-refractivity contribution in [2.45, 2.75) is 25.7 Å². The summed E-state index contributed by atoms with van der Waals surface area (Å²) in [5, 5.41) is 1.35. The molecule has 3 aromatic carbocycles. The molecule has 0 radical (unpaired) electrons. The third-order valence-electron chi connectivity index (χ3n) is 7.23. The Hall–Kier alpha value is -4.57. The van der Waals surface area contributed by atoms with Crippen molar-refractivity contribution >= 4 is 10.9 Å². The van der Waals surface area contributed by atoms with E-state index in [2.05, 4.69) is 71.3 Å². The van der Waals surface area contributed by atoms with Crippen molar-refractivity contribution in [2.75, 3.05) is 0 Å². The van der Waals surface area contributed by atoms with Gasteiger partial charge in [0.05, 0.1) is 22.6 Å². The first-order valence-electron chi connectivity index (χ1n) is 12.9. The SMILES string of the molecule is c1ccc(-c2cc(-c3cccc(-n4c5c(c6ccccc64)CCCC5)n3)nc(-c3ccccc3)n2)cc1. The fourth-order valence-electron chi connectivity index (χ4n) is 5.50. The monoisotopic (exact) mass is 478 g/mol. The highest BCUT2D eigenvalue weighted by atomic mass is 15.1. The van der Waals surface area contributed by atoms with Crippen LogP contribution in [0.3, 0.4) is 0 Å². The van der Waals surface area contributed by atoms with E-state index in [9.17, 15) is 0 Å². The lowest BCUT2D eigenvalue weighted by molar-refractivity contribution is 0.665. The molecule has 1 aliphatic rings. The molecule has 0 bridgehead atoms. The summed E-state index contributed by atoms with van der Waals surface area (Å²) in [5.74, 6) is 1.64. The van der Waals surface area contributed by atoms with Gasteiger partial charge in [-0.2, -0.15) is 0 Å². The van der Waals surface area contributed by atoms with E-state index in [1.54, 1.807) is 0 Å². The highest BCUT2D eigenvalue weighted by molar-refractivity contribution is 5.87. The largest absolute Gasteiger partial charge is 0.298 e. The van der Waals surface area contributed by atoms with Crippen molar-refractivity contribution in [1.82, 2.24) is 19.5 Å². The average molecular weight is 479 g/mol. The molecule has 178 valence electrons. The third-order valence-corrected chi connectivity index (χ3v) is 7.23. The summed E-state index contributed by atoms with van der Waals surface area (Å²) in [5.41, 5.74) is 8.71. The van der Waals surface area contributed by atoms with E-state index in [4.69, 9.17) is 15.0 Å². The van der Waals surface area contributed by atoms with Gasteiger partial charge in [0.15, 0.2) is 5.82 Å². The predicted molar refractivity (Wildman–Crippen MR) is 150 cm³/mol. The molecule has 0 amide bonds. The van der Waals surface area contributed by atoms with E-state index in [0.717, 1.165) is 46.9 Å². The van der Waals surface area contributed by atoms with Crippen LogP contribution in [0.15, 0.2) is 109 Å².